The monoisotopic (exact) mass is 384 g/mol. The lowest BCUT2D eigenvalue weighted by atomic mass is 10.3. The standard InChI is InChI=1S/C20H24N4O2S/c1-2-19(25)21-11-5-10-18-23-16-8-3-4-9-17(16)24(18)14-20(26)22-13-15-7-6-12-27-15/h3-4,6-9,12H,2,5,10-11,13-14H2,1H3,(H,21,25)(H,22,26). The van der Waals surface area contributed by atoms with E-state index in [4.69, 9.17) is 0 Å². The maximum absolute atomic E-state index is 12.4. The Morgan fingerprint density at radius 1 is 1.11 bits per heavy atom. The summed E-state index contributed by atoms with van der Waals surface area (Å²) in [4.78, 5) is 29.6. The van der Waals surface area contributed by atoms with Gasteiger partial charge in [0.2, 0.25) is 11.8 Å². The van der Waals surface area contributed by atoms with Crippen LogP contribution in [-0.2, 0) is 29.1 Å². The Bertz CT molecular complexity index is 902. The predicted molar refractivity (Wildman–Crippen MR) is 108 cm³/mol. The number of fused-ring (bicyclic) bond motifs is 1. The van der Waals surface area contributed by atoms with Crippen molar-refractivity contribution >= 4 is 34.2 Å². The van der Waals surface area contributed by atoms with Crippen molar-refractivity contribution in [3.05, 3.63) is 52.5 Å². The fourth-order valence-electron chi connectivity index (χ4n) is 2.89. The Kier molecular flexibility index (Phi) is 6.59. The summed E-state index contributed by atoms with van der Waals surface area (Å²) in [5.41, 5.74) is 1.84. The smallest absolute Gasteiger partial charge is 0.240 e. The number of hydrogen-bond acceptors (Lipinski definition) is 4. The lowest BCUT2D eigenvalue weighted by Gasteiger charge is -2.10. The van der Waals surface area contributed by atoms with Crippen LogP contribution in [0.25, 0.3) is 11.0 Å². The number of benzene rings is 1. The van der Waals surface area contributed by atoms with Crippen LogP contribution in [0.15, 0.2) is 41.8 Å². The molecule has 0 spiro atoms. The van der Waals surface area contributed by atoms with Crippen LogP contribution in [-0.4, -0.2) is 27.9 Å². The average molecular weight is 385 g/mol. The second-order valence-electron chi connectivity index (χ2n) is 6.27. The molecule has 0 fully saturated rings. The molecule has 2 amide bonds. The number of aryl methyl sites for hydroxylation is 1. The van der Waals surface area contributed by atoms with Gasteiger partial charge in [0.1, 0.15) is 12.4 Å². The Morgan fingerprint density at radius 2 is 1.96 bits per heavy atom. The van der Waals surface area contributed by atoms with Crippen LogP contribution in [0.5, 0.6) is 0 Å². The van der Waals surface area contributed by atoms with Crippen LogP contribution in [0, 0.1) is 0 Å². The van der Waals surface area contributed by atoms with Crippen molar-refractivity contribution in [1.82, 2.24) is 20.2 Å². The van der Waals surface area contributed by atoms with E-state index in [0.29, 0.717) is 25.9 Å². The molecule has 2 N–H and O–H groups in total. The summed E-state index contributed by atoms with van der Waals surface area (Å²) in [5, 5.41) is 7.85. The van der Waals surface area contributed by atoms with E-state index < -0.39 is 0 Å². The van der Waals surface area contributed by atoms with Gasteiger partial charge < -0.3 is 15.2 Å². The van der Waals surface area contributed by atoms with E-state index in [0.717, 1.165) is 28.2 Å². The highest BCUT2D eigenvalue weighted by Crippen LogP contribution is 2.17. The normalized spacial score (nSPS) is 10.9. The van der Waals surface area contributed by atoms with Gasteiger partial charge in [-0.25, -0.2) is 4.98 Å². The van der Waals surface area contributed by atoms with Gasteiger partial charge >= 0.3 is 0 Å². The molecule has 3 rings (SSSR count). The lowest BCUT2D eigenvalue weighted by Crippen LogP contribution is -2.28. The van der Waals surface area contributed by atoms with Gasteiger partial charge in [-0.3, -0.25) is 9.59 Å². The third kappa shape index (κ3) is 5.17. The fourth-order valence-corrected chi connectivity index (χ4v) is 3.53. The summed E-state index contributed by atoms with van der Waals surface area (Å²) in [6.07, 6.45) is 1.98. The van der Waals surface area contributed by atoms with Crippen LogP contribution in [0.2, 0.25) is 0 Å². The molecular weight excluding hydrogens is 360 g/mol. The quantitative estimate of drug-likeness (QED) is 0.557. The van der Waals surface area contributed by atoms with Crippen LogP contribution in [0.4, 0.5) is 0 Å². The molecule has 0 saturated heterocycles. The Labute approximate surface area is 162 Å². The number of carbonyl (C=O) groups is 2. The number of nitrogens with one attached hydrogen (secondary N) is 2. The van der Waals surface area contributed by atoms with Crippen molar-refractivity contribution in [2.75, 3.05) is 6.54 Å². The number of hydrogen-bond donors (Lipinski definition) is 2. The van der Waals surface area contributed by atoms with Gasteiger partial charge in [-0.2, -0.15) is 0 Å². The van der Waals surface area contributed by atoms with Crippen LogP contribution >= 0.6 is 11.3 Å². The highest BCUT2D eigenvalue weighted by Gasteiger charge is 2.13. The van der Waals surface area contributed by atoms with E-state index in [2.05, 4.69) is 15.6 Å². The van der Waals surface area contributed by atoms with Crippen molar-refractivity contribution < 1.29 is 9.59 Å². The highest BCUT2D eigenvalue weighted by molar-refractivity contribution is 7.09. The minimum Gasteiger partial charge on any atom is -0.356 e. The zero-order chi connectivity index (χ0) is 19.1. The van der Waals surface area contributed by atoms with E-state index in [1.807, 2.05) is 53.3 Å². The minimum atomic E-state index is -0.0351. The van der Waals surface area contributed by atoms with Crippen LogP contribution < -0.4 is 10.6 Å². The number of thiophene rings is 1. The van der Waals surface area contributed by atoms with E-state index in [1.54, 1.807) is 11.3 Å². The zero-order valence-electron chi connectivity index (χ0n) is 15.4. The number of amides is 2. The first-order valence-electron chi connectivity index (χ1n) is 9.17. The van der Waals surface area contributed by atoms with Gasteiger partial charge in [-0.05, 0) is 30.0 Å². The van der Waals surface area contributed by atoms with Gasteiger partial charge in [0.05, 0.1) is 17.6 Å². The van der Waals surface area contributed by atoms with E-state index >= 15 is 0 Å². The van der Waals surface area contributed by atoms with Gasteiger partial charge in [0, 0.05) is 24.3 Å². The maximum atomic E-state index is 12.4. The molecule has 2 aromatic heterocycles. The molecule has 0 bridgehead atoms. The van der Waals surface area contributed by atoms with E-state index in [1.165, 1.54) is 0 Å². The van der Waals surface area contributed by atoms with Crippen molar-refractivity contribution in [3.63, 3.8) is 0 Å². The Hall–Kier alpha value is -2.67. The van der Waals surface area contributed by atoms with E-state index in [-0.39, 0.29) is 18.4 Å². The molecule has 0 aliphatic rings. The van der Waals surface area contributed by atoms with Crippen LogP contribution in [0.1, 0.15) is 30.5 Å². The molecule has 7 heteroatoms. The van der Waals surface area contributed by atoms with Crippen molar-refractivity contribution in [3.8, 4) is 0 Å². The molecule has 27 heavy (non-hydrogen) atoms. The largest absolute Gasteiger partial charge is 0.356 e. The van der Waals surface area contributed by atoms with Gasteiger partial charge in [0.25, 0.3) is 0 Å². The maximum Gasteiger partial charge on any atom is 0.240 e. The molecule has 0 saturated carbocycles. The number of nitrogens with zero attached hydrogens (tertiary/aromatic N) is 2. The third-order valence-electron chi connectivity index (χ3n) is 4.30. The zero-order valence-corrected chi connectivity index (χ0v) is 16.2. The number of carbonyl (C=O) groups excluding carboxylic acids is 2. The van der Waals surface area contributed by atoms with Crippen molar-refractivity contribution in [2.45, 2.75) is 39.3 Å². The van der Waals surface area contributed by atoms with Crippen molar-refractivity contribution in [2.24, 2.45) is 0 Å². The predicted octanol–water partition coefficient (Wildman–Crippen LogP) is 2.87. The summed E-state index contributed by atoms with van der Waals surface area (Å²) in [7, 11) is 0. The molecule has 0 aliphatic carbocycles. The topological polar surface area (TPSA) is 76.0 Å². The average Bonchev–Trinajstić information content (AvgIpc) is 3.32. The summed E-state index contributed by atoms with van der Waals surface area (Å²) in [5.74, 6) is 0.886. The molecular formula is C20H24N4O2S. The molecule has 6 nitrogen and oxygen atoms in total. The molecule has 0 radical (unpaired) electrons. The second kappa shape index (κ2) is 9.32. The first kappa shape index (κ1) is 19.1. The number of imidazole rings is 1. The van der Waals surface area contributed by atoms with E-state index in [9.17, 15) is 9.59 Å². The lowest BCUT2D eigenvalue weighted by molar-refractivity contribution is -0.122. The summed E-state index contributed by atoms with van der Waals surface area (Å²) < 4.78 is 1.97. The number of rotatable bonds is 9. The molecule has 142 valence electrons. The fraction of sp³-hybridized carbons (Fsp3) is 0.350. The minimum absolute atomic E-state index is 0.0351. The summed E-state index contributed by atoms with van der Waals surface area (Å²) in [6, 6.07) is 11.8. The molecule has 1 aromatic carbocycles. The SMILES string of the molecule is CCC(=O)NCCCc1nc2ccccc2n1CC(=O)NCc1cccs1. The number of aromatic nitrogens is 2. The van der Waals surface area contributed by atoms with Gasteiger partial charge in [-0.15, -0.1) is 11.3 Å². The van der Waals surface area contributed by atoms with Crippen LogP contribution in [0.3, 0.4) is 0 Å². The molecule has 0 atom stereocenters. The van der Waals surface area contributed by atoms with Gasteiger partial charge in [-0.1, -0.05) is 25.1 Å². The Balaban J connectivity index is 1.66. The summed E-state index contributed by atoms with van der Waals surface area (Å²) >= 11 is 1.63. The molecule has 0 aliphatic heterocycles. The molecule has 0 unspecified atom stereocenters. The molecule has 3 aromatic rings. The molecule has 2 heterocycles. The third-order valence-corrected chi connectivity index (χ3v) is 5.17. The highest BCUT2D eigenvalue weighted by atomic mass is 32.1. The first-order valence-corrected chi connectivity index (χ1v) is 10.0. The first-order chi connectivity index (χ1) is 13.2. The van der Waals surface area contributed by atoms with Gasteiger partial charge in [0.15, 0.2) is 0 Å². The summed E-state index contributed by atoms with van der Waals surface area (Å²) in [6.45, 7) is 3.23. The number of para-hydroxylation sites is 2. The van der Waals surface area contributed by atoms with Crippen molar-refractivity contribution in [1.29, 1.82) is 0 Å². The second-order valence-corrected chi connectivity index (χ2v) is 7.30. The Morgan fingerprint density at radius 3 is 2.74 bits per heavy atom.